The number of hydrogen-bond donors (Lipinski definition) is 0. The Morgan fingerprint density at radius 3 is 2.58 bits per heavy atom. The van der Waals surface area contributed by atoms with Gasteiger partial charge in [-0.1, -0.05) is 18.9 Å². The monoisotopic (exact) mass is 291 g/mol. The van der Waals surface area contributed by atoms with Crippen LogP contribution in [0.15, 0.2) is 17.5 Å². The minimum Gasteiger partial charge on any atom is -0.330 e. The Bertz CT molecular complexity index is 410. The summed E-state index contributed by atoms with van der Waals surface area (Å²) in [4.78, 5) is 14.0. The van der Waals surface area contributed by atoms with Gasteiger partial charge in [0.1, 0.15) is 6.54 Å². The Balaban J connectivity index is 2.05. The minimum absolute atomic E-state index is 0.0737. The first-order chi connectivity index (χ1) is 8.96. The summed E-state index contributed by atoms with van der Waals surface area (Å²) in [5.74, 6) is -0.410. The molecule has 2 rings (SSSR count). The third-order valence-corrected chi connectivity index (χ3v) is 4.22. The molecule has 1 aliphatic carbocycles. The normalized spacial score (nSPS) is 16.8. The van der Waals surface area contributed by atoms with Crippen LogP contribution in [0.5, 0.6) is 0 Å². The van der Waals surface area contributed by atoms with Crippen molar-refractivity contribution in [2.24, 2.45) is 0 Å². The van der Waals surface area contributed by atoms with Crippen LogP contribution in [0.1, 0.15) is 30.6 Å². The van der Waals surface area contributed by atoms with E-state index in [1.165, 1.54) is 11.3 Å². The van der Waals surface area contributed by atoms with Crippen LogP contribution in [-0.4, -0.2) is 29.6 Å². The summed E-state index contributed by atoms with van der Waals surface area (Å²) in [6, 6.07) is 3.34. The molecule has 0 bridgehead atoms. The molecule has 1 aliphatic rings. The quantitative estimate of drug-likeness (QED) is 0.829. The van der Waals surface area contributed by atoms with E-state index in [1.807, 2.05) is 5.38 Å². The first-order valence-electron chi connectivity index (χ1n) is 6.34. The molecule has 1 saturated carbocycles. The highest BCUT2D eigenvalue weighted by molar-refractivity contribution is 7.10. The molecule has 1 fully saturated rings. The van der Waals surface area contributed by atoms with Crippen LogP contribution in [0.3, 0.4) is 0 Å². The van der Waals surface area contributed by atoms with Gasteiger partial charge < -0.3 is 4.90 Å². The Morgan fingerprint density at radius 1 is 1.37 bits per heavy atom. The van der Waals surface area contributed by atoms with Crippen LogP contribution >= 0.6 is 11.3 Å². The molecule has 1 aromatic rings. The largest absolute Gasteiger partial charge is 0.406 e. The smallest absolute Gasteiger partial charge is 0.330 e. The van der Waals surface area contributed by atoms with Crippen LogP contribution in [0.25, 0.3) is 0 Å². The highest BCUT2D eigenvalue weighted by Crippen LogP contribution is 2.28. The molecule has 0 saturated heterocycles. The molecule has 0 radical (unpaired) electrons. The fourth-order valence-electron chi connectivity index (χ4n) is 2.49. The molecule has 6 heteroatoms. The van der Waals surface area contributed by atoms with Gasteiger partial charge >= 0.3 is 6.18 Å². The predicted molar refractivity (Wildman–Crippen MR) is 68.0 cm³/mol. The molecule has 1 amide bonds. The Labute approximate surface area is 114 Å². The van der Waals surface area contributed by atoms with E-state index in [9.17, 15) is 18.0 Å². The number of carbonyl (C=O) groups is 1. The number of thiophene rings is 1. The zero-order chi connectivity index (χ0) is 13.9. The van der Waals surface area contributed by atoms with Crippen molar-refractivity contribution in [2.45, 2.75) is 44.3 Å². The summed E-state index contributed by atoms with van der Waals surface area (Å²) in [7, 11) is 0. The van der Waals surface area contributed by atoms with E-state index >= 15 is 0 Å². The van der Waals surface area contributed by atoms with E-state index in [-0.39, 0.29) is 12.5 Å². The maximum absolute atomic E-state index is 12.6. The fraction of sp³-hybridized carbons (Fsp3) is 0.615. The van der Waals surface area contributed by atoms with E-state index in [2.05, 4.69) is 0 Å². The second-order valence-corrected chi connectivity index (χ2v) is 5.86. The van der Waals surface area contributed by atoms with E-state index in [0.29, 0.717) is 12.8 Å². The zero-order valence-corrected chi connectivity index (χ0v) is 11.3. The second kappa shape index (κ2) is 5.94. The molecule has 0 aromatic carbocycles. The summed E-state index contributed by atoms with van der Waals surface area (Å²) in [5.41, 5.74) is 0. The summed E-state index contributed by atoms with van der Waals surface area (Å²) in [6.45, 7) is -1.12. The zero-order valence-electron chi connectivity index (χ0n) is 10.4. The van der Waals surface area contributed by atoms with Crippen LogP contribution in [0.2, 0.25) is 0 Å². The van der Waals surface area contributed by atoms with Crippen molar-refractivity contribution in [1.82, 2.24) is 4.90 Å². The summed E-state index contributed by atoms with van der Waals surface area (Å²) < 4.78 is 37.8. The van der Waals surface area contributed by atoms with Crippen molar-refractivity contribution in [2.75, 3.05) is 6.54 Å². The van der Waals surface area contributed by atoms with Crippen LogP contribution < -0.4 is 0 Å². The van der Waals surface area contributed by atoms with E-state index in [4.69, 9.17) is 0 Å². The molecule has 1 heterocycles. The van der Waals surface area contributed by atoms with Crippen molar-refractivity contribution in [3.63, 3.8) is 0 Å². The molecular formula is C13H16F3NOS. The van der Waals surface area contributed by atoms with Crippen molar-refractivity contribution in [1.29, 1.82) is 0 Å². The lowest BCUT2D eigenvalue weighted by molar-refractivity contribution is -0.165. The number of carbonyl (C=O) groups excluding carboxylic acids is 1. The summed E-state index contributed by atoms with van der Waals surface area (Å²) in [6.07, 6.45) is -1.06. The van der Waals surface area contributed by atoms with Crippen molar-refractivity contribution in [3.8, 4) is 0 Å². The standard InChI is InChI=1S/C13H16F3NOS/c14-13(15,16)9-17(10-4-1-2-5-10)12(18)8-11-6-3-7-19-11/h3,6-7,10H,1-2,4-5,8-9H2. The second-order valence-electron chi connectivity index (χ2n) is 4.83. The number of rotatable bonds is 4. The molecule has 19 heavy (non-hydrogen) atoms. The van der Waals surface area contributed by atoms with Crippen molar-refractivity contribution < 1.29 is 18.0 Å². The van der Waals surface area contributed by atoms with Gasteiger partial charge in [-0.15, -0.1) is 11.3 Å². The van der Waals surface area contributed by atoms with Crippen LogP contribution in [0, 0.1) is 0 Å². The topological polar surface area (TPSA) is 20.3 Å². The number of hydrogen-bond acceptors (Lipinski definition) is 2. The Morgan fingerprint density at radius 2 is 2.05 bits per heavy atom. The summed E-state index contributed by atoms with van der Waals surface area (Å²) >= 11 is 1.40. The van der Waals surface area contributed by atoms with Gasteiger partial charge in [-0.3, -0.25) is 4.79 Å². The van der Waals surface area contributed by atoms with Crippen LogP contribution in [-0.2, 0) is 11.2 Å². The van der Waals surface area contributed by atoms with Gasteiger partial charge in [0, 0.05) is 10.9 Å². The average molecular weight is 291 g/mol. The van der Waals surface area contributed by atoms with Gasteiger partial charge in [-0.05, 0) is 24.3 Å². The van der Waals surface area contributed by atoms with Gasteiger partial charge in [0.25, 0.3) is 0 Å². The maximum Gasteiger partial charge on any atom is 0.406 e. The molecular weight excluding hydrogens is 275 g/mol. The molecule has 0 atom stereocenters. The average Bonchev–Trinajstić information content (AvgIpc) is 2.96. The van der Waals surface area contributed by atoms with E-state index < -0.39 is 18.6 Å². The first-order valence-corrected chi connectivity index (χ1v) is 7.22. The third kappa shape index (κ3) is 4.23. The molecule has 0 spiro atoms. The maximum atomic E-state index is 12.6. The molecule has 0 aliphatic heterocycles. The number of halogens is 3. The lowest BCUT2D eigenvalue weighted by atomic mass is 10.2. The van der Waals surface area contributed by atoms with Gasteiger partial charge in [-0.25, -0.2) is 0 Å². The van der Waals surface area contributed by atoms with Gasteiger partial charge in [-0.2, -0.15) is 13.2 Å². The Hall–Kier alpha value is -1.04. The third-order valence-electron chi connectivity index (χ3n) is 3.34. The lowest BCUT2D eigenvalue weighted by Gasteiger charge is -2.29. The molecule has 0 unspecified atom stereocenters. The van der Waals surface area contributed by atoms with Gasteiger partial charge in [0.15, 0.2) is 0 Å². The highest BCUT2D eigenvalue weighted by Gasteiger charge is 2.37. The number of alkyl halides is 3. The number of amides is 1. The van der Waals surface area contributed by atoms with Crippen LogP contribution in [0.4, 0.5) is 13.2 Å². The SMILES string of the molecule is O=C(Cc1cccs1)N(CC(F)(F)F)C1CCCC1. The molecule has 106 valence electrons. The van der Waals surface area contributed by atoms with Gasteiger partial charge in [0.2, 0.25) is 5.91 Å². The number of nitrogens with zero attached hydrogens (tertiary/aromatic N) is 1. The molecule has 2 nitrogen and oxygen atoms in total. The van der Waals surface area contributed by atoms with Crippen molar-refractivity contribution in [3.05, 3.63) is 22.4 Å². The molecule has 1 aromatic heterocycles. The lowest BCUT2D eigenvalue weighted by Crippen LogP contribution is -2.45. The summed E-state index contributed by atoms with van der Waals surface area (Å²) in [5, 5.41) is 1.83. The fourth-order valence-corrected chi connectivity index (χ4v) is 3.19. The van der Waals surface area contributed by atoms with E-state index in [0.717, 1.165) is 22.6 Å². The van der Waals surface area contributed by atoms with Crippen molar-refractivity contribution >= 4 is 17.2 Å². The molecule has 0 N–H and O–H groups in total. The Kier molecular flexibility index (Phi) is 4.50. The predicted octanol–water partition coefficient (Wildman–Crippen LogP) is 3.62. The van der Waals surface area contributed by atoms with Gasteiger partial charge in [0.05, 0.1) is 6.42 Å². The first kappa shape index (κ1) is 14.4. The van der Waals surface area contributed by atoms with E-state index in [1.54, 1.807) is 12.1 Å². The minimum atomic E-state index is -4.33. The highest BCUT2D eigenvalue weighted by atomic mass is 32.1.